The molecule has 0 atom stereocenters. The first-order valence-corrected chi connectivity index (χ1v) is 10.9. The Morgan fingerprint density at radius 3 is 2.41 bits per heavy atom. The van der Waals surface area contributed by atoms with E-state index >= 15 is 0 Å². The summed E-state index contributed by atoms with van der Waals surface area (Å²) >= 11 is 0.645. The van der Waals surface area contributed by atoms with Crippen LogP contribution in [0, 0.1) is 0 Å². The highest BCUT2D eigenvalue weighted by molar-refractivity contribution is 7.17. The van der Waals surface area contributed by atoms with Gasteiger partial charge in [-0.1, -0.05) is 25.0 Å². The molecular formula is C22H21F3N4O2S. The minimum atomic E-state index is -4.77. The Kier molecular flexibility index (Phi) is 6.14. The van der Waals surface area contributed by atoms with Crippen molar-refractivity contribution in [2.75, 3.05) is 13.7 Å². The minimum Gasteiger partial charge on any atom is -0.497 e. The maximum absolute atomic E-state index is 13.6. The van der Waals surface area contributed by atoms with Gasteiger partial charge in [0.25, 0.3) is 5.91 Å². The fourth-order valence-corrected chi connectivity index (χ4v) is 5.01. The molecule has 1 N–H and O–H groups in total. The third-order valence-electron chi connectivity index (χ3n) is 5.71. The number of benzene rings is 1. The zero-order valence-corrected chi connectivity index (χ0v) is 18.1. The molecule has 0 aliphatic heterocycles. The van der Waals surface area contributed by atoms with Crippen molar-refractivity contribution in [1.82, 2.24) is 20.3 Å². The number of ether oxygens (including phenoxy) is 1. The van der Waals surface area contributed by atoms with Crippen LogP contribution >= 0.6 is 11.3 Å². The van der Waals surface area contributed by atoms with Crippen LogP contribution in [0.3, 0.4) is 0 Å². The summed E-state index contributed by atoms with van der Waals surface area (Å²) in [7, 11) is 1.59. The van der Waals surface area contributed by atoms with Crippen LogP contribution in [-0.2, 0) is 11.6 Å². The van der Waals surface area contributed by atoms with Gasteiger partial charge >= 0.3 is 6.18 Å². The van der Waals surface area contributed by atoms with Gasteiger partial charge in [-0.05, 0) is 36.6 Å². The molecule has 32 heavy (non-hydrogen) atoms. The number of carbonyl (C=O) groups excluding carboxylic acids is 1. The largest absolute Gasteiger partial charge is 0.497 e. The van der Waals surface area contributed by atoms with Crippen LogP contribution in [0.25, 0.3) is 10.8 Å². The predicted octanol–water partition coefficient (Wildman–Crippen LogP) is 4.87. The predicted molar refractivity (Wildman–Crippen MR) is 114 cm³/mol. The second-order valence-corrected chi connectivity index (χ2v) is 8.66. The summed E-state index contributed by atoms with van der Waals surface area (Å²) in [6, 6.07) is 9.17. The molecule has 0 spiro atoms. The molecule has 0 saturated heterocycles. The zero-order valence-electron chi connectivity index (χ0n) is 17.3. The molecule has 10 heteroatoms. The molecule has 1 aliphatic carbocycles. The first kappa shape index (κ1) is 22.2. The van der Waals surface area contributed by atoms with Gasteiger partial charge in [0, 0.05) is 24.4 Å². The zero-order chi connectivity index (χ0) is 22.8. The van der Waals surface area contributed by atoms with Gasteiger partial charge < -0.3 is 10.1 Å². The highest BCUT2D eigenvalue weighted by Crippen LogP contribution is 2.42. The third-order valence-corrected chi connectivity index (χ3v) is 6.76. The number of hydrogen-bond donors (Lipinski definition) is 1. The lowest BCUT2D eigenvalue weighted by molar-refractivity contribution is -0.141. The van der Waals surface area contributed by atoms with E-state index < -0.39 is 22.7 Å². The van der Waals surface area contributed by atoms with Gasteiger partial charge in [-0.15, -0.1) is 11.3 Å². The van der Waals surface area contributed by atoms with Crippen molar-refractivity contribution in [3.63, 3.8) is 0 Å². The summed E-state index contributed by atoms with van der Waals surface area (Å²) in [5.74, 6) is -0.0228. The second kappa shape index (κ2) is 8.85. The van der Waals surface area contributed by atoms with Gasteiger partial charge in [0.2, 0.25) is 0 Å². The second-order valence-electron chi connectivity index (χ2n) is 7.67. The number of aromatic nitrogens is 3. The minimum absolute atomic E-state index is 0.0474. The van der Waals surface area contributed by atoms with E-state index in [4.69, 9.17) is 4.74 Å². The Morgan fingerprint density at radius 2 is 1.81 bits per heavy atom. The summed E-state index contributed by atoms with van der Waals surface area (Å²) in [6.07, 6.45) is 1.73. The number of hydrogen-bond acceptors (Lipinski definition) is 6. The summed E-state index contributed by atoms with van der Waals surface area (Å²) in [4.78, 5) is 23.9. The Balaban J connectivity index is 1.59. The number of halogens is 3. The molecule has 1 saturated carbocycles. The van der Waals surface area contributed by atoms with Crippen molar-refractivity contribution in [3.8, 4) is 16.6 Å². The van der Waals surface area contributed by atoms with E-state index in [2.05, 4.69) is 20.3 Å². The molecule has 4 rings (SSSR count). The number of carbonyl (C=O) groups is 1. The average molecular weight is 462 g/mol. The van der Waals surface area contributed by atoms with Gasteiger partial charge in [0.15, 0.2) is 16.5 Å². The molecule has 1 fully saturated rings. The van der Waals surface area contributed by atoms with Crippen LogP contribution in [0.2, 0.25) is 0 Å². The first-order chi connectivity index (χ1) is 15.3. The summed E-state index contributed by atoms with van der Waals surface area (Å²) in [5.41, 5.74) is -0.502. The molecule has 168 valence electrons. The van der Waals surface area contributed by atoms with Crippen molar-refractivity contribution in [1.29, 1.82) is 0 Å². The summed E-state index contributed by atoms with van der Waals surface area (Å²) in [6.45, 7) is 0.241. The molecule has 1 amide bonds. The lowest BCUT2D eigenvalue weighted by Crippen LogP contribution is -2.39. The molecule has 1 aliphatic rings. The molecule has 0 bridgehead atoms. The fraction of sp³-hybridized carbons (Fsp3) is 0.364. The van der Waals surface area contributed by atoms with E-state index in [9.17, 15) is 18.0 Å². The van der Waals surface area contributed by atoms with E-state index in [-0.39, 0.29) is 22.8 Å². The fourth-order valence-electron chi connectivity index (χ4n) is 4.06. The highest BCUT2D eigenvalue weighted by atomic mass is 32.1. The van der Waals surface area contributed by atoms with Crippen molar-refractivity contribution < 1.29 is 22.7 Å². The van der Waals surface area contributed by atoms with Crippen molar-refractivity contribution in [2.45, 2.75) is 37.3 Å². The molecule has 2 aromatic heterocycles. The van der Waals surface area contributed by atoms with Crippen molar-refractivity contribution in [3.05, 3.63) is 58.9 Å². The number of amides is 1. The average Bonchev–Trinajstić information content (AvgIpc) is 3.47. The number of methoxy groups -OCH3 is 1. The number of nitrogens with one attached hydrogen (secondary N) is 1. The normalized spacial score (nSPS) is 15.5. The standard InChI is InChI=1S/C22H21F3N4O2S/c1-31-15-7-5-14(6-8-15)21(9-2-3-10-21)13-28-19(30)16-17(22(23,24)25)29-20(32-16)18-26-11-4-12-27-18/h4-8,11-12H,2-3,9-10,13H2,1H3,(H,28,30). The van der Waals surface area contributed by atoms with Crippen LogP contribution in [0.5, 0.6) is 5.75 Å². The molecule has 0 unspecified atom stereocenters. The van der Waals surface area contributed by atoms with E-state index in [0.717, 1.165) is 37.0 Å². The third kappa shape index (κ3) is 4.45. The van der Waals surface area contributed by atoms with Gasteiger partial charge in [0.05, 0.1) is 7.11 Å². The Morgan fingerprint density at radius 1 is 1.16 bits per heavy atom. The SMILES string of the molecule is COc1ccc(C2(CNC(=O)c3sc(-c4ncccn4)nc3C(F)(F)F)CCCC2)cc1. The van der Waals surface area contributed by atoms with Crippen LogP contribution in [0.4, 0.5) is 13.2 Å². The number of nitrogens with zero attached hydrogens (tertiary/aromatic N) is 3. The first-order valence-electron chi connectivity index (χ1n) is 10.1. The van der Waals surface area contributed by atoms with E-state index in [1.807, 2.05) is 24.3 Å². The number of thiazole rings is 1. The maximum atomic E-state index is 13.6. The molecule has 2 heterocycles. The van der Waals surface area contributed by atoms with Crippen LogP contribution in [-0.4, -0.2) is 34.5 Å². The van der Waals surface area contributed by atoms with E-state index in [0.29, 0.717) is 11.3 Å². The van der Waals surface area contributed by atoms with Crippen LogP contribution in [0.1, 0.15) is 46.6 Å². The Bertz CT molecular complexity index is 1080. The van der Waals surface area contributed by atoms with Crippen LogP contribution < -0.4 is 10.1 Å². The monoisotopic (exact) mass is 462 g/mol. The molecule has 0 radical (unpaired) electrons. The maximum Gasteiger partial charge on any atom is 0.435 e. The van der Waals surface area contributed by atoms with Crippen molar-refractivity contribution >= 4 is 17.2 Å². The highest BCUT2D eigenvalue weighted by Gasteiger charge is 2.41. The van der Waals surface area contributed by atoms with E-state index in [1.54, 1.807) is 13.2 Å². The topological polar surface area (TPSA) is 77.0 Å². The van der Waals surface area contributed by atoms with Gasteiger partial charge in [-0.2, -0.15) is 13.2 Å². The quantitative estimate of drug-likeness (QED) is 0.566. The van der Waals surface area contributed by atoms with Crippen LogP contribution in [0.15, 0.2) is 42.7 Å². The molecule has 1 aromatic carbocycles. The molecule has 6 nitrogen and oxygen atoms in total. The lowest BCUT2D eigenvalue weighted by atomic mass is 9.78. The van der Waals surface area contributed by atoms with Gasteiger partial charge in [0.1, 0.15) is 10.6 Å². The van der Waals surface area contributed by atoms with Crippen molar-refractivity contribution in [2.24, 2.45) is 0 Å². The van der Waals surface area contributed by atoms with Gasteiger partial charge in [-0.25, -0.2) is 15.0 Å². The summed E-state index contributed by atoms with van der Waals surface area (Å²) < 4.78 is 46.0. The number of alkyl halides is 3. The Labute approximate surface area is 186 Å². The smallest absolute Gasteiger partial charge is 0.435 e. The number of rotatable bonds is 6. The molecular weight excluding hydrogens is 441 g/mol. The summed E-state index contributed by atoms with van der Waals surface area (Å²) in [5, 5.41) is 2.70. The lowest BCUT2D eigenvalue weighted by Gasteiger charge is -2.30. The molecule has 3 aromatic rings. The Hall–Kier alpha value is -3.01. The van der Waals surface area contributed by atoms with Gasteiger partial charge in [-0.3, -0.25) is 4.79 Å². The van der Waals surface area contributed by atoms with E-state index in [1.165, 1.54) is 12.4 Å².